The average molecular weight is 384 g/mol. The molecule has 2 rings (SSSR count). The molecule has 0 radical (unpaired) electrons. The van der Waals surface area contributed by atoms with Gasteiger partial charge in [-0.2, -0.15) is 0 Å². The molecule has 8 nitrogen and oxygen atoms in total. The number of sulfone groups is 1. The lowest BCUT2D eigenvalue weighted by Gasteiger charge is -2.15. The highest BCUT2D eigenvalue weighted by Gasteiger charge is 2.29. The molecule has 0 fully saturated rings. The smallest absolute Gasteiger partial charge is 0.293 e. The van der Waals surface area contributed by atoms with Gasteiger partial charge in [0.15, 0.2) is 21.4 Å². The van der Waals surface area contributed by atoms with Crippen LogP contribution in [0.1, 0.15) is 6.42 Å². The Bertz CT molecular complexity index is 972. The number of pyridine rings is 1. The number of carbonyl (C=O) groups is 1. The molecule has 0 saturated carbocycles. The van der Waals surface area contributed by atoms with Crippen LogP contribution in [0.3, 0.4) is 0 Å². The van der Waals surface area contributed by atoms with Crippen LogP contribution < -0.4 is 11.0 Å². The monoisotopic (exact) mass is 384 g/mol. The highest BCUT2D eigenvalue weighted by atomic mass is 32.2. The third kappa shape index (κ3) is 4.09. The zero-order chi connectivity index (χ0) is 19.5. The first kappa shape index (κ1) is 19.6. The predicted molar refractivity (Wildman–Crippen MR) is 90.9 cm³/mol. The Morgan fingerprint density at radius 1 is 1.31 bits per heavy atom. The predicted octanol–water partition coefficient (Wildman–Crippen LogP) is 0.669. The van der Waals surface area contributed by atoms with Crippen LogP contribution >= 0.6 is 0 Å². The SMILES string of the molecule is CS(=O)(=O)[C@H](CCn1cc(F)c(-c2ccccc2)c(O)c1=O)C(=O)NO. The molecule has 2 aromatic rings. The Balaban J connectivity index is 2.38. The van der Waals surface area contributed by atoms with Crippen molar-refractivity contribution in [3.63, 3.8) is 0 Å². The summed E-state index contributed by atoms with van der Waals surface area (Å²) in [6.45, 7) is -0.358. The maximum Gasteiger partial charge on any atom is 0.293 e. The fraction of sp³-hybridized carbons (Fsp3) is 0.250. The van der Waals surface area contributed by atoms with Gasteiger partial charge in [0.05, 0.1) is 5.56 Å². The molecular weight excluding hydrogens is 367 g/mol. The number of carbonyl (C=O) groups excluding carboxylic acids is 1. The largest absolute Gasteiger partial charge is 0.503 e. The summed E-state index contributed by atoms with van der Waals surface area (Å²) in [5.74, 6) is -2.86. The number of nitrogens with one attached hydrogen (secondary N) is 1. The van der Waals surface area contributed by atoms with E-state index in [2.05, 4.69) is 0 Å². The highest BCUT2D eigenvalue weighted by molar-refractivity contribution is 7.92. The molecule has 0 aliphatic carbocycles. The van der Waals surface area contributed by atoms with Gasteiger partial charge in [0, 0.05) is 19.0 Å². The van der Waals surface area contributed by atoms with Crippen LogP contribution in [0, 0.1) is 5.82 Å². The first-order chi connectivity index (χ1) is 12.2. The summed E-state index contributed by atoms with van der Waals surface area (Å²) in [4.78, 5) is 23.8. The van der Waals surface area contributed by atoms with Crippen LogP contribution in [0.2, 0.25) is 0 Å². The molecule has 0 aliphatic rings. The van der Waals surface area contributed by atoms with Crippen molar-refractivity contribution in [2.24, 2.45) is 0 Å². The first-order valence-electron chi connectivity index (χ1n) is 7.47. The number of hydroxylamine groups is 1. The third-order valence-electron chi connectivity index (χ3n) is 3.82. The maximum atomic E-state index is 14.4. The number of benzene rings is 1. The van der Waals surface area contributed by atoms with Crippen LogP contribution in [0.5, 0.6) is 5.75 Å². The van der Waals surface area contributed by atoms with Crippen molar-refractivity contribution >= 4 is 15.7 Å². The summed E-state index contributed by atoms with van der Waals surface area (Å²) >= 11 is 0. The van der Waals surface area contributed by atoms with Crippen molar-refractivity contribution in [2.45, 2.75) is 18.2 Å². The summed E-state index contributed by atoms with van der Waals surface area (Å²) in [7, 11) is -3.87. The lowest BCUT2D eigenvalue weighted by atomic mass is 10.1. The Morgan fingerprint density at radius 3 is 2.46 bits per heavy atom. The molecule has 0 saturated heterocycles. The van der Waals surface area contributed by atoms with Crippen molar-refractivity contribution in [3.8, 4) is 16.9 Å². The van der Waals surface area contributed by atoms with Gasteiger partial charge in [-0.3, -0.25) is 14.8 Å². The van der Waals surface area contributed by atoms with E-state index in [1.165, 1.54) is 17.6 Å². The van der Waals surface area contributed by atoms with Gasteiger partial charge in [-0.1, -0.05) is 30.3 Å². The summed E-state index contributed by atoms with van der Waals surface area (Å²) in [6, 6.07) is 7.96. The number of rotatable bonds is 6. The number of halogens is 1. The summed E-state index contributed by atoms with van der Waals surface area (Å²) in [6.07, 6.45) is 1.24. The minimum Gasteiger partial charge on any atom is -0.503 e. The van der Waals surface area contributed by atoms with Crippen LogP contribution in [-0.4, -0.2) is 40.7 Å². The quantitative estimate of drug-likeness (QED) is 0.496. The minimum atomic E-state index is -3.87. The second-order valence-electron chi connectivity index (χ2n) is 5.65. The second-order valence-corrected chi connectivity index (χ2v) is 7.88. The highest BCUT2D eigenvalue weighted by Crippen LogP contribution is 2.28. The molecule has 140 valence electrons. The maximum absolute atomic E-state index is 14.4. The van der Waals surface area contributed by atoms with E-state index in [1.54, 1.807) is 18.2 Å². The van der Waals surface area contributed by atoms with Gasteiger partial charge in [0.1, 0.15) is 5.25 Å². The lowest BCUT2D eigenvalue weighted by molar-refractivity contribution is -0.128. The number of amides is 1. The number of aromatic hydroxyl groups is 1. The molecule has 1 aromatic carbocycles. The van der Waals surface area contributed by atoms with E-state index in [4.69, 9.17) is 5.21 Å². The van der Waals surface area contributed by atoms with Gasteiger partial charge in [0.2, 0.25) is 0 Å². The number of hydrogen-bond acceptors (Lipinski definition) is 6. The molecule has 0 unspecified atom stereocenters. The van der Waals surface area contributed by atoms with Gasteiger partial charge in [-0.05, 0) is 12.0 Å². The van der Waals surface area contributed by atoms with E-state index >= 15 is 0 Å². The first-order valence-corrected chi connectivity index (χ1v) is 9.42. The fourth-order valence-electron chi connectivity index (χ4n) is 2.53. The molecular formula is C16H17FN2O6S. The van der Waals surface area contributed by atoms with Gasteiger partial charge < -0.3 is 9.67 Å². The standard InChI is InChI=1S/C16H17FN2O6S/c1-26(24,25)12(15(21)18-23)7-8-19-9-11(17)13(14(20)16(19)22)10-5-3-2-4-6-10/h2-6,9,12,20,23H,7-8H2,1H3,(H,18,21)/t12-/m1/s1. The number of aromatic nitrogens is 1. The van der Waals surface area contributed by atoms with Gasteiger partial charge in [-0.25, -0.2) is 18.3 Å². The minimum absolute atomic E-state index is 0.264. The summed E-state index contributed by atoms with van der Waals surface area (Å²) in [5.41, 5.74) is 0.360. The number of hydrogen-bond donors (Lipinski definition) is 3. The van der Waals surface area contributed by atoms with Crippen LogP contribution in [0.25, 0.3) is 11.1 Å². The van der Waals surface area contributed by atoms with Crippen molar-refractivity contribution in [1.82, 2.24) is 10.0 Å². The molecule has 3 N–H and O–H groups in total. The molecule has 0 aliphatic heterocycles. The van der Waals surface area contributed by atoms with E-state index in [1.807, 2.05) is 0 Å². The van der Waals surface area contributed by atoms with Gasteiger partial charge in [0.25, 0.3) is 11.5 Å². The zero-order valence-corrected chi connectivity index (χ0v) is 14.5. The topological polar surface area (TPSA) is 126 Å². The van der Waals surface area contributed by atoms with E-state index < -0.39 is 44.5 Å². The molecule has 1 aromatic heterocycles. The second kappa shape index (κ2) is 7.67. The molecule has 0 spiro atoms. The van der Waals surface area contributed by atoms with Crippen LogP contribution in [-0.2, 0) is 21.2 Å². The average Bonchev–Trinajstić information content (AvgIpc) is 2.58. The summed E-state index contributed by atoms with van der Waals surface area (Å²) < 4.78 is 38.4. The van der Waals surface area contributed by atoms with Crippen LogP contribution in [0.4, 0.5) is 4.39 Å². The Labute approximate surface area is 148 Å². The molecule has 10 heteroatoms. The molecule has 0 bridgehead atoms. The van der Waals surface area contributed by atoms with E-state index in [-0.39, 0.29) is 12.1 Å². The third-order valence-corrected chi connectivity index (χ3v) is 5.31. The van der Waals surface area contributed by atoms with E-state index in [0.29, 0.717) is 5.56 Å². The van der Waals surface area contributed by atoms with E-state index in [0.717, 1.165) is 17.0 Å². The van der Waals surface area contributed by atoms with Gasteiger partial charge in [-0.15, -0.1) is 0 Å². The Hall–Kier alpha value is -2.72. The van der Waals surface area contributed by atoms with E-state index in [9.17, 15) is 27.5 Å². The van der Waals surface area contributed by atoms with Crippen LogP contribution in [0.15, 0.2) is 41.3 Å². The fourth-order valence-corrected chi connectivity index (χ4v) is 3.50. The zero-order valence-electron chi connectivity index (χ0n) is 13.7. The van der Waals surface area contributed by atoms with Crippen molar-refractivity contribution < 1.29 is 27.9 Å². The normalized spacial score (nSPS) is 12.6. The van der Waals surface area contributed by atoms with Crippen molar-refractivity contribution in [3.05, 3.63) is 52.7 Å². The Morgan fingerprint density at radius 2 is 1.92 bits per heavy atom. The summed E-state index contributed by atoms with van der Waals surface area (Å²) in [5, 5.41) is 17.1. The molecule has 26 heavy (non-hydrogen) atoms. The number of aryl methyl sites for hydroxylation is 1. The molecule has 1 atom stereocenters. The van der Waals surface area contributed by atoms with Crippen molar-refractivity contribution in [1.29, 1.82) is 0 Å². The molecule has 1 heterocycles. The Kier molecular flexibility index (Phi) is 5.78. The van der Waals surface area contributed by atoms with Gasteiger partial charge >= 0.3 is 0 Å². The number of nitrogens with zero attached hydrogens (tertiary/aromatic N) is 1. The molecule has 1 amide bonds. The lowest BCUT2D eigenvalue weighted by Crippen LogP contribution is -2.39. The van der Waals surface area contributed by atoms with Crippen molar-refractivity contribution in [2.75, 3.05) is 6.26 Å².